The van der Waals surface area contributed by atoms with Crippen molar-refractivity contribution in [3.63, 3.8) is 0 Å². The number of hydrogen-bond acceptors (Lipinski definition) is 5. The zero-order valence-corrected chi connectivity index (χ0v) is 20.9. The third-order valence-electron chi connectivity index (χ3n) is 6.32. The highest BCUT2D eigenvalue weighted by molar-refractivity contribution is 7.99. The number of aryl methyl sites for hydroxylation is 1. The summed E-state index contributed by atoms with van der Waals surface area (Å²) in [5.74, 6) is 1.83. The Balaban J connectivity index is 1.54. The Bertz CT molecular complexity index is 979. The summed E-state index contributed by atoms with van der Waals surface area (Å²) in [6.07, 6.45) is 2.98. The maximum atomic E-state index is 12.4. The third kappa shape index (κ3) is 7.24. The van der Waals surface area contributed by atoms with Gasteiger partial charge in [0.25, 0.3) is 0 Å². The molecule has 34 heavy (non-hydrogen) atoms. The quantitative estimate of drug-likeness (QED) is 0.385. The van der Waals surface area contributed by atoms with Crippen LogP contribution in [0.5, 0.6) is 5.75 Å². The maximum Gasteiger partial charge on any atom is 0.303 e. The van der Waals surface area contributed by atoms with E-state index in [4.69, 9.17) is 9.84 Å². The molecule has 1 heterocycles. The van der Waals surface area contributed by atoms with Gasteiger partial charge in [0.15, 0.2) is 0 Å². The molecule has 0 bridgehead atoms. The van der Waals surface area contributed by atoms with E-state index in [1.807, 2.05) is 48.2 Å². The number of aliphatic hydroxyl groups is 1. The molecule has 0 unspecified atom stereocenters. The standard InChI is InChI=1S/C27H35NO5S/c1-19-8-11-23(25(17-19)33-2)20-5-3-6-21(18-20)24(29)12-9-22-10-13-26(30)28(22)14-16-34-15-4-7-27(31)32/h3,5-6,8,11,17-18,22,24,29H,4,7,9-10,12-16H2,1-2H3,(H,31,32)/t22-,24+/m0/s1. The van der Waals surface area contributed by atoms with Crippen LogP contribution in [0.1, 0.15) is 55.8 Å². The predicted octanol–water partition coefficient (Wildman–Crippen LogP) is 5.07. The summed E-state index contributed by atoms with van der Waals surface area (Å²) in [6.45, 7) is 2.71. The van der Waals surface area contributed by atoms with Gasteiger partial charge in [0.2, 0.25) is 5.91 Å². The number of thioether (sulfide) groups is 1. The van der Waals surface area contributed by atoms with Crippen LogP contribution in [0.15, 0.2) is 42.5 Å². The van der Waals surface area contributed by atoms with Gasteiger partial charge in [-0.2, -0.15) is 11.8 Å². The van der Waals surface area contributed by atoms with Gasteiger partial charge in [0.1, 0.15) is 5.75 Å². The lowest BCUT2D eigenvalue weighted by Crippen LogP contribution is -2.35. The van der Waals surface area contributed by atoms with Gasteiger partial charge in [-0.1, -0.05) is 30.3 Å². The number of carboxylic acid groups (broad SMARTS) is 1. The molecule has 0 aliphatic carbocycles. The van der Waals surface area contributed by atoms with E-state index in [-0.39, 0.29) is 18.4 Å². The van der Waals surface area contributed by atoms with Crippen molar-refractivity contribution in [3.8, 4) is 16.9 Å². The number of carboxylic acids is 1. The number of ether oxygens (including phenoxy) is 1. The van der Waals surface area contributed by atoms with Gasteiger partial charge in [0.05, 0.1) is 13.2 Å². The highest BCUT2D eigenvalue weighted by Gasteiger charge is 2.30. The van der Waals surface area contributed by atoms with E-state index in [2.05, 4.69) is 6.07 Å². The van der Waals surface area contributed by atoms with Crippen LogP contribution < -0.4 is 4.74 Å². The van der Waals surface area contributed by atoms with Gasteiger partial charge in [-0.3, -0.25) is 9.59 Å². The molecule has 0 radical (unpaired) electrons. The molecule has 6 nitrogen and oxygen atoms in total. The highest BCUT2D eigenvalue weighted by atomic mass is 32.2. The number of carbonyl (C=O) groups excluding carboxylic acids is 1. The Labute approximate surface area is 206 Å². The molecule has 2 N–H and O–H groups in total. The fourth-order valence-corrected chi connectivity index (χ4v) is 5.34. The van der Waals surface area contributed by atoms with Gasteiger partial charge in [0, 0.05) is 36.7 Å². The first-order valence-electron chi connectivity index (χ1n) is 11.9. The van der Waals surface area contributed by atoms with Gasteiger partial charge in [-0.25, -0.2) is 0 Å². The van der Waals surface area contributed by atoms with E-state index in [9.17, 15) is 14.7 Å². The number of nitrogens with zero attached hydrogens (tertiary/aromatic N) is 1. The summed E-state index contributed by atoms with van der Waals surface area (Å²) in [5.41, 5.74) is 4.00. The molecule has 0 spiro atoms. The number of aliphatic carboxylic acids is 1. The third-order valence-corrected chi connectivity index (χ3v) is 7.37. The van der Waals surface area contributed by atoms with Gasteiger partial charge < -0.3 is 19.8 Å². The number of benzene rings is 2. The fraction of sp³-hybridized carbons (Fsp3) is 0.481. The second-order valence-electron chi connectivity index (χ2n) is 8.81. The molecule has 3 rings (SSSR count). The van der Waals surface area contributed by atoms with E-state index in [0.717, 1.165) is 52.4 Å². The maximum absolute atomic E-state index is 12.4. The average molecular weight is 486 g/mol. The normalized spacial score (nSPS) is 16.6. The zero-order valence-electron chi connectivity index (χ0n) is 20.0. The van der Waals surface area contributed by atoms with Crippen LogP contribution in [0.3, 0.4) is 0 Å². The molecular weight excluding hydrogens is 450 g/mol. The topological polar surface area (TPSA) is 87.1 Å². The Hall–Kier alpha value is -2.51. The van der Waals surface area contributed by atoms with E-state index in [0.29, 0.717) is 25.8 Å². The van der Waals surface area contributed by atoms with Crippen LogP contribution in [0.2, 0.25) is 0 Å². The molecule has 7 heteroatoms. The summed E-state index contributed by atoms with van der Waals surface area (Å²) in [6, 6.07) is 14.2. The molecule has 0 saturated carbocycles. The van der Waals surface area contributed by atoms with Crippen LogP contribution in [-0.2, 0) is 9.59 Å². The van der Waals surface area contributed by atoms with Gasteiger partial charge in [-0.15, -0.1) is 0 Å². The van der Waals surface area contributed by atoms with Crippen LogP contribution in [-0.4, -0.2) is 58.2 Å². The van der Waals surface area contributed by atoms with Gasteiger partial charge in [-0.05, 0) is 67.2 Å². The lowest BCUT2D eigenvalue weighted by atomic mass is 9.96. The first-order valence-corrected chi connectivity index (χ1v) is 13.1. The summed E-state index contributed by atoms with van der Waals surface area (Å²) in [5, 5.41) is 19.6. The van der Waals surface area contributed by atoms with E-state index in [1.165, 1.54) is 0 Å². The number of aliphatic hydroxyl groups excluding tert-OH is 1. The van der Waals surface area contributed by atoms with Crippen molar-refractivity contribution >= 4 is 23.6 Å². The fourth-order valence-electron chi connectivity index (χ4n) is 4.46. The van der Waals surface area contributed by atoms with Crippen molar-refractivity contribution in [1.29, 1.82) is 0 Å². The van der Waals surface area contributed by atoms with Crippen molar-refractivity contribution in [2.45, 2.75) is 57.6 Å². The van der Waals surface area contributed by atoms with Crippen molar-refractivity contribution < 1.29 is 24.5 Å². The molecule has 1 saturated heterocycles. The molecule has 2 aromatic carbocycles. The number of likely N-dealkylation sites (tertiary alicyclic amines) is 1. The monoisotopic (exact) mass is 485 g/mol. The van der Waals surface area contributed by atoms with E-state index < -0.39 is 12.1 Å². The molecule has 2 aromatic rings. The minimum atomic E-state index is -0.766. The largest absolute Gasteiger partial charge is 0.496 e. The number of carbonyl (C=O) groups is 2. The van der Waals surface area contributed by atoms with E-state index in [1.54, 1.807) is 18.9 Å². The lowest BCUT2D eigenvalue weighted by molar-refractivity contribution is -0.137. The number of amides is 1. The predicted molar refractivity (Wildman–Crippen MR) is 136 cm³/mol. The second-order valence-corrected chi connectivity index (χ2v) is 10.0. The Morgan fingerprint density at radius 2 is 2.06 bits per heavy atom. The minimum Gasteiger partial charge on any atom is -0.496 e. The van der Waals surface area contributed by atoms with Crippen molar-refractivity contribution in [2.75, 3.05) is 25.2 Å². The van der Waals surface area contributed by atoms with Crippen LogP contribution in [0.25, 0.3) is 11.1 Å². The molecule has 1 aliphatic heterocycles. The summed E-state index contributed by atoms with van der Waals surface area (Å²) < 4.78 is 5.55. The Morgan fingerprint density at radius 3 is 2.82 bits per heavy atom. The minimum absolute atomic E-state index is 0.155. The van der Waals surface area contributed by atoms with Crippen molar-refractivity contribution in [3.05, 3.63) is 53.6 Å². The summed E-state index contributed by atoms with van der Waals surface area (Å²) >= 11 is 1.69. The summed E-state index contributed by atoms with van der Waals surface area (Å²) in [4.78, 5) is 24.9. The average Bonchev–Trinajstić information content (AvgIpc) is 3.18. The summed E-state index contributed by atoms with van der Waals surface area (Å²) in [7, 11) is 1.67. The number of methoxy groups -OCH3 is 1. The highest BCUT2D eigenvalue weighted by Crippen LogP contribution is 2.33. The SMILES string of the molecule is COc1cc(C)ccc1-c1cccc([C@H](O)CC[C@H]2CCC(=O)N2CCSCCCC(=O)O)c1. The lowest BCUT2D eigenvalue weighted by Gasteiger charge is -2.25. The molecule has 1 aliphatic rings. The smallest absolute Gasteiger partial charge is 0.303 e. The van der Waals surface area contributed by atoms with E-state index >= 15 is 0 Å². The van der Waals surface area contributed by atoms with Crippen molar-refractivity contribution in [2.24, 2.45) is 0 Å². The molecule has 184 valence electrons. The van der Waals surface area contributed by atoms with Crippen LogP contribution in [0, 0.1) is 6.92 Å². The molecule has 2 atom stereocenters. The first kappa shape index (κ1) is 26.1. The second kappa shape index (κ2) is 12.8. The number of rotatable bonds is 13. The molecular formula is C27H35NO5S. The molecule has 0 aromatic heterocycles. The zero-order chi connectivity index (χ0) is 24.5. The van der Waals surface area contributed by atoms with Crippen LogP contribution in [0.4, 0.5) is 0 Å². The van der Waals surface area contributed by atoms with Crippen molar-refractivity contribution in [1.82, 2.24) is 4.90 Å². The number of hydrogen-bond donors (Lipinski definition) is 2. The molecule has 1 fully saturated rings. The van der Waals surface area contributed by atoms with Gasteiger partial charge >= 0.3 is 5.97 Å². The first-order chi connectivity index (χ1) is 16.4. The Morgan fingerprint density at radius 1 is 1.24 bits per heavy atom. The molecule has 1 amide bonds. The van der Waals surface area contributed by atoms with Crippen LogP contribution >= 0.6 is 11.8 Å². The Kier molecular flexibility index (Phi) is 9.84.